The zero-order chi connectivity index (χ0) is 15.1. The summed E-state index contributed by atoms with van der Waals surface area (Å²) in [5.41, 5.74) is 2.35. The highest BCUT2D eigenvalue weighted by Crippen LogP contribution is 2.18. The summed E-state index contributed by atoms with van der Waals surface area (Å²) in [6.45, 7) is 1.77. The third-order valence-corrected chi connectivity index (χ3v) is 3.91. The van der Waals surface area contributed by atoms with Crippen molar-refractivity contribution in [3.63, 3.8) is 0 Å². The quantitative estimate of drug-likeness (QED) is 0.648. The lowest BCUT2D eigenvalue weighted by atomic mass is 10.0. The number of hydrogen-bond acceptors (Lipinski definition) is 2. The predicted octanol–water partition coefficient (Wildman–Crippen LogP) is 2.79. The van der Waals surface area contributed by atoms with Gasteiger partial charge in [0, 0.05) is 11.6 Å². The van der Waals surface area contributed by atoms with Gasteiger partial charge in [-0.15, -0.1) is 0 Å². The molecule has 2 N–H and O–H groups in total. The molecule has 3 heteroatoms. The van der Waals surface area contributed by atoms with Crippen LogP contribution in [0.4, 0.5) is 0 Å². The molecule has 1 aliphatic rings. The molecule has 0 atom stereocenters. The summed E-state index contributed by atoms with van der Waals surface area (Å²) in [4.78, 5) is 12.5. The van der Waals surface area contributed by atoms with E-state index in [0.717, 1.165) is 18.4 Å². The van der Waals surface area contributed by atoms with Gasteiger partial charge in [-0.1, -0.05) is 43.6 Å². The van der Waals surface area contributed by atoms with Crippen LogP contribution in [0.15, 0.2) is 18.2 Å². The van der Waals surface area contributed by atoms with Crippen LogP contribution in [-0.2, 0) is 0 Å². The van der Waals surface area contributed by atoms with Crippen LogP contribution in [0.5, 0.6) is 0 Å². The molecule has 0 spiro atoms. The Morgan fingerprint density at radius 1 is 1.29 bits per heavy atom. The summed E-state index contributed by atoms with van der Waals surface area (Å²) < 4.78 is 0. The van der Waals surface area contributed by atoms with Crippen molar-refractivity contribution < 1.29 is 9.90 Å². The Labute approximate surface area is 126 Å². The van der Waals surface area contributed by atoms with Gasteiger partial charge in [-0.2, -0.15) is 0 Å². The van der Waals surface area contributed by atoms with Crippen LogP contribution >= 0.6 is 0 Å². The van der Waals surface area contributed by atoms with Crippen molar-refractivity contribution in [1.82, 2.24) is 5.32 Å². The van der Waals surface area contributed by atoms with E-state index in [1.165, 1.54) is 25.7 Å². The Kier molecular flexibility index (Phi) is 5.83. The fourth-order valence-electron chi connectivity index (χ4n) is 2.78. The van der Waals surface area contributed by atoms with E-state index in [1.807, 2.05) is 25.1 Å². The van der Waals surface area contributed by atoms with Crippen molar-refractivity contribution in [2.75, 3.05) is 6.61 Å². The molecule has 1 aromatic rings. The Morgan fingerprint density at radius 2 is 2.00 bits per heavy atom. The molecule has 3 nitrogen and oxygen atoms in total. The van der Waals surface area contributed by atoms with Gasteiger partial charge in [0.25, 0.3) is 5.91 Å². The Balaban J connectivity index is 2.14. The van der Waals surface area contributed by atoms with E-state index in [0.29, 0.717) is 11.1 Å². The summed E-state index contributed by atoms with van der Waals surface area (Å²) in [6, 6.07) is 5.92. The average molecular weight is 285 g/mol. The van der Waals surface area contributed by atoms with E-state index in [-0.39, 0.29) is 18.6 Å². The normalized spacial score (nSPS) is 15.7. The Morgan fingerprint density at radius 3 is 2.67 bits per heavy atom. The Hall–Kier alpha value is -1.79. The maximum atomic E-state index is 12.5. The van der Waals surface area contributed by atoms with Gasteiger partial charge in [0.05, 0.1) is 5.56 Å². The zero-order valence-corrected chi connectivity index (χ0v) is 12.6. The van der Waals surface area contributed by atoms with Crippen LogP contribution in [0.2, 0.25) is 0 Å². The lowest BCUT2D eigenvalue weighted by molar-refractivity contribution is 0.0933. The van der Waals surface area contributed by atoms with Crippen molar-refractivity contribution in [2.24, 2.45) is 0 Å². The van der Waals surface area contributed by atoms with Crippen molar-refractivity contribution in [1.29, 1.82) is 0 Å². The molecule has 0 aromatic heterocycles. The topological polar surface area (TPSA) is 49.3 Å². The summed E-state index contributed by atoms with van der Waals surface area (Å²) in [6.07, 6.45) is 7.05. The van der Waals surface area contributed by atoms with Gasteiger partial charge in [0.1, 0.15) is 6.61 Å². The van der Waals surface area contributed by atoms with Crippen molar-refractivity contribution in [3.8, 4) is 11.8 Å². The molecule has 21 heavy (non-hydrogen) atoms. The molecular weight excluding hydrogens is 262 g/mol. The zero-order valence-electron chi connectivity index (χ0n) is 12.6. The summed E-state index contributed by atoms with van der Waals surface area (Å²) in [5, 5.41) is 12.0. The molecule has 1 saturated carbocycles. The standard InChI is InChI=1S/C18H23NO2/c1-14-10-11-17(15(13-14)7-6-12-20)18(21)19-16-8-4-2-3-5-9-16/h10-11,13,16,20H,2-5,8-9,12H2,1H3,(H,19,21). The molecule has 0 unspecified atom stereocenters. The third kappa shape index (κ3) is 4.61. The van der Waals surface area contributed by atoms with Gasteiger partial charge in [0.15, 0.2) is 0 Å². The predicted molar refractivity (Wildman–Crippen MR) is 84.1 cm³/mol. The smallest absolute Gasteiger partial charge is 0.252 e. The molecule has 0 saturated heterocycles. The van der Waals surface area contributed by atoms with Crippen LogP contribution in [0.1, 0.15) is 60.0 Å². The SMILES string of the molecule is Cc1ccc(C(=O)NC2CCCCCC2)c(C#CCO)c1. The van der Waals surface area contributed by atoms with E-state index in [4.69, 9.17) is 5.11 Å². The first kappa shape index (κ1) is 15.6. The van der Waals surface area contributed by atoms with Gasteiger partial charge in [0.2, 0.25) is 0 Å². The van der Waals surface area contributed by atoms with Crippen LogP contribution < -0.4 is 5.32 Å². The van der Waals surface area contributed by atoms with Crippen molar-refractivity contribution >= 4 is 5.91 Å². The average Bonchev–Trinajstić information content (AvgIpc) is 2.73. The summed E-state index contributed by atoms with van der Waals surface area (Å²) in [5.74, 6) is 5.45. The number of hydrogen-bond donors (Lipinski definition) is 2. The van der Waals surface area contributed by atoms with E-state index in [2.05, 4.69) is 17.2 Å². The minimum Gasteiger partial charge on any atom is -0.384 e. The molecular formula is C18H23NO2. The monoisotopic (exact) mass is 285 g/mol. The molecule has 112 valence electrons. The van der Waals surface area contributed by atoms with Gasteiger partial charge in [-0.25, -0.2) is 0 Å². The van der Waals surface area contributed by atoms with Crippen molar-refractivity contribution in [3.05, 3.63) is 34.9 Å². The lowest BCUT2D eigenvalue weighted by Crippen LogP contribution is -2.34. The first-order valence-corrected chi connectivity index (χ1v) is 7.72. The first-order chi connectivity index (χ1) is 10.2. The van der Waals surface area contributed by atoms with E-state index >= 15 is 0 Å². The Bertz CT molecular complexity index is 546. The highest BCUT2D eigenvalue weighted by Gasteiger charge is 2.17. The second-order valence-electron chi connectivity index (χ2n) is 5.67. The first-order valence-electron chi connectivity index (χ1n) is 7.72. The fourth-order valence-corrected chi connectivity index (χ4v) is 2.78. The largest absolute Gasteiger partial charge is 0.384 e. The highest BCUT2D eigenvalue weighted by atomic mass is 16.2. The van der Waals surface area contributed by atoms with Gasteiger partial charge in [-0.05, 0) is 37.5 Å². The molecule has 0 radical (unpaired) electrons. The molecule has 1 aromatic carbocycles. The molecule has 2 rings (SSSR count). The molecule has 1 fully saturated rings. The fraction of sp³-hybridized carbons (Fsp3) is 0.500. The van der Waals surface area contributed by atoms with Crippen LogP contribution in [0, 0.1) is 18.8 Å². The van der Waals surface area contributed by atoms with Crippen LogP contribution in [0.3, 0.4) is 0 Å². The number of aryl methyl sites for hydroxylation is 1. The molecule has 0 bridgehead atoms. The maximum absolute atomic E-state index is 12.5. The van der Waals surface area contributed by atoms with Gasteiger partial charge in [-0.3, -0.25) is 4.79 Å². The molecule has 1 aliphatic carbocycles. The maximum Gasteiger partial charge on any atom is 0.252 e. The molecule has 1 amide bonds. The minimum absolute atomic E-state index is 0.0517. The molecule has 0 heterocycles. The number of carbonyl (C=O) groups excluding carboxylic acids is 1. The minimum atomic E-state index is -0.197. The van der Waals surface area contributed by atoms with Crippen molar-refractivity contribution in [2.45, 2.75) is 51.5 Å². The summed E-state index contributed by atoms with van der Waals surface area (Å²) >= 11 is 0. The number of nitrogens with one attached hydrogen (secondary N) is 1. The number of aliphatic hydroxyl groups excluding tert-OH is 1. The highest BCUT2D eigenvalue weighted by molar-refractivity contribution is 5.97. The number of aliphatic hydroxyl groups is 1. The van der Waals surface area contributed by atoms with E-state index in [1.54, 1.807) is 0 Å². The number of rotatable bonds is 2. The van der Waals surface area contributed by atoms with E-state index in [9.17, 15) is 4.79 Å². The van der Waals surface area contributed by atoms with Gasteiger partial charge < -0.3 is 10.4 Å². The second kappa shape index (κ2) is 7.85. The van der Waals surface area contributed by atoms with E-state index < -0.39 is 0 Å². The number of benzene rings is 1. The molecule has 0 aliphatic heterocycles. The second-order valence-corrected chi connectivity index (χ2v) is 5.67. The number of amides is 1. The summed E-state index contributed by atoms with van der Waals surface area (Å²) in [7, 11) is 0. The van der Waals surface area contributed by atoms with Gasteiger partial charge >= 0.3 is 0 Å². The van der Waals surface area contributed by atoms with Crippen LogP contribution in [0.25, 0.3) is 0 Å². The third-order valence-electron chi connectivity index (χ3n) is 3.91. The van der Waals surface area contributed by atoms with Crippen LogP contribution in [-0.4, -0.2) is 23.7 Å². The number of carbonyl (C=O) groups is 1. The lowest BCUT2D eigenvalue weighted by Gasteiger charge is -2.17.